The number of hydrogen-bond acceptors (Lipinski definition) is 3. The Morgan fingerprint density at radius 3 is 2.55 bits per heavy atom. The van der Waals surface area contributed by atoms with Crippen LogP contribution in [0.2, 0.25) is 10.0 Å². The predicted molar refractivity (Wildman–Crippen MR) is 89.1 cm³/mol. The summed E-state index contributed by atoms with van der Waals surface area (Å²) in [7, 11) is 0. The zero-order valence-corrected chi connectivity index (χ0v) is 13.2. The van der Waals surface area contributed by atoms with E-state index in [-0.39, 0.29) is 6.61 Å². The van der Waals surface area contributed by atoms with Gasteiger partial charge in [-0.25, -0.2) is 4.79 Å². The zero-order chi connectivity index (χ0) is 15.7. The number of halogens is 2. The lowest BCUT2D eigenvalue weighted by Crippen LogP contribution is -2.10. The van der Waals surface area contributed by atoms with Crippen molar-refractivity contribution in [3.8, 4) is 5.75 Å². The molecular formula is C17H12Cl2O3. The quantitative estimate of drug-likeness (QED) is 0.335. The smallest absolute Gasteiger partial charge is 0.434 e. The summed E-state index contributed by atoms with van der Waals surface area (Å²) in [5, 5.41) is 4.00. The largest absolute Gasteiger partial charge is 0.513 e. The monoisotopic (exact) mass is 334 g/mol. The van der Waals surface area contributed by atoms with E-state index in [1.165, 1.54) is 0 Å². The Kier molecular flexibility index (Phi) is 4.10. The summed E-state index contributed by atoms with van der Waals surface area (Å²) in [4.78, 5) is 11.8. The first-order valence-electron chi connectivity index (χ1n) is 6.76. The van der Waals surface area contributed by atoms with E-state index in [1.54, 1.807) is 19.1 Å². The van der Waals surface area contributed by atoms with Gasteiger partial charge in [-0.1, -0.05) is 47.5 Å². The molecule has 0 bridgehead atoms. The molecule has 0 aromatic heterocycles. The van der Waals surface area contributed by atoms with Crippen LogP contribution in [0.25, 0.3) is 21.5 Å². The van der Waals surface area contributed by atoms with Gasteiger partial charge in [0.25, 0.3) is 0 Å². The van der Waals surface area contributed by atoms with Crippen LogP contribution in [0.3, 0.4) is 0 Å². The zero-order valence-electron chi connectivity index (χ0n) is 11.7. The summed E-state index contributed by atoms with van der Waals surface area (Å²) in [6.45, 7) is 1.95. The molecule has 0 aliphatic heterocycles. The van der Waals surface area contributed by atoms with Crippen LogP contribution < -0.4 is 4.74 Å². The molecule has 0 radical (unpaired) electrons. The average molecular weight is 335 g/mol. The highest BCUT2D eigenvalue weighted by Crippen LogP contribution is 2.41. The number of rotatable bonds is 2. The number of benzene rings is 3. The Labute approximate surface area is 137 Å². The Balaban J connectivity index is 2.36. The number of carbonyl (C=O) groups is 1. The van der Waals surface area contributed by atoms with Crippen LogP contribution in [0.4, 0.5) is 4.79 Å². The fraction of sp³-hybridized carbons (Fsp3) is 0.118. The van der Waals surface area contributed by atoms with Crippen molar-refractivity contribution in [1.82, 2.24) is 0 Å². The van der Waals surface area contributed by atoms with Crippen molar-refractivity contribution in [2.75, 3.05) is 6.61 Å². The van der Waals surface area contributed by atoms with Gasteiger partial charge >= 0.3 is 6.16 Å². The molecule has 0 amide bonds. The maximum atomic E-state index is 11.8. The molecule has 5 heteroatoms. The first kappa shape index (κ1) is 14.9. The minimum absolute atomic E-state index is 0.232. The summed E-state index contributed by atoms with van der Waals surface area (Å²) >= 11 is 12.6. The van der Waals surface area contributed by atoms with Crippen molar-refractivity contribution >= 4 is 50.9 Å². The van der Waals surface area contributed by atoms with Crippen LogP contribution in [0.5, 0.6) is 5.75 Å². The van der Waals surface area contributed by atoms with E-state index < -0.39 is 6.16 Å². The number of hydrogen-bond donors (Lipinski definition) is 0. The van der Waals surface area contributed by atoms with Crippen LogP contribution >= 0.6 is 23.2 Å². The lowest BCUT2D eigenvalue weighted by Gasteiger charge is -2.13. The fourth-order valence-corrected chi connectivity index (χ4v) is 2.86. The van der Waals surface area contributed by atoms with Gasteiger partial charge in [-0.3, -0.25) is 0 Å². The lowest BCUT2D eigenvalue weighted by molar-refractivity contribution is 0.105. The van der Waals surface area contributed by atoms with Gasteiger partial charge in [0.15, 0.2) is 5.75 Å². The molecule has 0 aliphatic carbocycles. The van der Waals surface area contributed by atoms with Crippen LogP contribution in [0, 0.1) is 0 Å². The molecule has 0 saturated carbocycles. The maximum absolute atomic E-state index is 11.8. The molecule has 3 aromatic carbocycles. The Morgan fingerprint density at radius 2 is 1.77 bits per heavy atom. The number of ether oxygens (including phenoxy) is 2. The van der Waals surface area contributed by atoms with E-state index in [4.69, 9.17) is 32.7 Å². The highest BCUT2D eigenvalue weighted by atomic mass is 35.5. The second-order valence-corrected chi connectivity index (χ2v) is 5.48. The molecule has 3 rings (SSSR count). The van der Waals surface area contributed by atoms with Crippen molar-refractivity contribution in [2.45, 2.75) is 6.92 Å². The van der Waals surface area contributed by atoms with E-state index >= 15 is 0 Å². The molecule has 0 spiro atoms. The highest BCUT2D eigenvalue weighted by molar-refractivity contribution is 6.41. The number of fused-ring (bicyclic) bond motifs is 2. The summed E-state index contributed by atoms with van der Waals surface area (Å²) < 4.78 is 10.3. The maximum Gasteiger partial charge on any atom is 0.513 e. The van der Waals surface area contributed by atoms with Crippen LogP contribution in [-0.4, -0.2) is 12.8 Å². The average Bonchev–Trinajstić information content (AvgIpc) is 2.51. The Morgan fingerprint density at radius 1 is 1.05 bits per heavy atom. The Bertz CT molecular complexity index is 875. The van der Waals surface area contributed by atoms with E-state index in [0.29, 0.717) is 21.2 Å². The standard InChI is InChI=1S/C17H12Cl2O3/c1-2-21-17(20)22-16-11-6-4-3-5-10(11)9-12-13(18)7-8-14(19)15(12)16/h3-9H,2H2,1H3. The Hall–Kier alpha value is -1.97. The first-order valence-corrected chi connectivity index (χ1v) is 7.51. The van der Waals surface area contributed by atoms with Gasteiger partial charge in [0.2, 0.25) is 0 Å². The third-order valence-electron chi connectivity index (χ3n) is 3.32. The molecule has 3 nitrogen and oxygen atoms in total. The molecule has 0 saturated heterocycles. The van der Waals surface area contributed by atoms with Crippen molar-refractivity contribution in [3.63, 3.8) is 0 Å². The topological polar surface area (TPSA) is 35.5 Å². The minimum atomic E-state index is -0.767. The third-order valence-corrected chi connectivity index (χ3v) is 3.97. The van der Waals surface area contributed by atoms with Crippen LogP contribution in [-0.2, 0) is 4.74 Å². The SMILES string of the molecule is CCOC(=O)Oc1c2ccccc2cc2c(Cl)ccc(Cl)c12. The third kappa shape index (κ3) is 2.58. The van der Waals surface area contributed by atoms with Gasteiger partial charge in [0.1, 0.15) is 0 Å². The molecule has 0 heterocycles. The minimum Gasteiger partial charge on any atom is -0.434 e. The first-order chi connectivity index (χ1) is 10.6. The van der Waals surface area contributed by atoms with Gasteiger partial charge < -0.3 is 9.47 Å². The van der Waals surface area contributed by atoms with Crippen molar-refractivity contribution in [3.05, 3.63) is 52.5 Å². The van der Waals surface area contributed by atoms with Gasteiger partial charge in [-0.2, -0.15) is 0 Å². The van der Waals surface area contributed by atoms with Crippen LogP contribution in [0.15, 0.2) is 42.5 Å². The van der Waals surface area contributed by atoms with Crippen molar-refractivity contribution in [1.29, 1.82) is 0 Å². The summed E-state index contributed by atoms with van der Waals surface area (Å²) in [6.07, 6.45) is -0.767. The molecular weight excluding hydrogens is 323 g/mol. The van der Waals surface area contributed by atoms with Crippen molar-refractivity contribution in [2.24, 2.45) is 0 Å². The molecule has 0 fully saturated rings. The van der Waals surface area contributed by atoms with Gasteiger partial charge in [-0.05, 0) is 30.5 Å². The van der Waals surface area contributed by atoms with E-state index in [2.05, 4.69) is 0 Å². The number of carbonyl (C=O) groups excluding carboxylic acids is 1. The molecule has 0 atom stereocenters. The van der Waals surface area contributed by atoms with E-state index in [1.807, 2.05) is 30.3 Å². The van der Waals surface area contributed by atoms with E-state index in [9.17, 15) is 4.79 Å². The molecule has 112 valence electrons. The summed E-state index contributed by atoms with van der Waals surface area (Å²) in [6, 6.07) is 12.9. The second-order valence-electron chi connectivity index (χ2n) is 4.66. The molecule has 0 unspecified atom stereocenters. The molecule has 0 aliphatic rings. The van der Waals surface area contributed by atoms with Gasteiger partial charge in [0.05, 0.1) is 11.6 Å². The van der Waals surface area contributed by atoms with E-state index in [0.717, 1.165) is 16.2 Å². The predicted octanol–water partition coefficient (Wildman–Crippen LogP) is 5.84. The van der Waals surface area contributed by atoms with Crippen LogP contribution in [0.1, 0.15) is 6.92 Å². The highest BCUT2D eigenvalue weighted by Gasteiger charge is 2.17. The van der Waals surface area contributed by atoms with Crippen molar-refractivity contribution < 1.29 is 14.3 Å². The summed E-state index contributed by atoms with van der Waals surface area (Å²) in [5.74, 6) is 0.360. The van der Waals surface area contributed by atoms with Gasteiger partial charge in [0, 0.05) is 21.2 Å². The fourth-order valence-electron chi connectivity index (χ4n) is 2.40. The summed E-state index contributed by atoms with van der Waals surface area (Å²) in [5.41, 5.74) is 0. The molecule has 3 aromatic rings. The van der Waals surface area contributed by atoms with Gasteiger partial charge in [-0.15, -0.1) is 0 Å². The normalized spacial score (nSPS) is 10.9. The molecule has 22 heavy (non-hydrogen) atoms. The lowest BCUT2D eigenvalue weighted by atomic mass is 10.0. The second kappa shape index (κ2) is 6.03. The molecule has 0 N–H and O–H groups in total.